The summed E-state index contributed by atoms with van der Waals surface area (Å²) in [6.45, 7) is 1.45. The molecule has 2 rings (SSSR count). The SMILES string of the molecule is CC1Cc2ccc(I)c(F)c2C1(F)F. The zero-order valence-corrected chi connectivity index (χ0v) is 9.61. The Morgan fingerprint density at radius 3 is 2.71 bits per heavy atom. The van der Waals surface area contributed by atoms with Crippen LogP contribution in [0.1, 0.15) is 18.1 Å². The molecule has 4 heteroatoms. The number of hydrogen-bond donors (Lipinski definition) is 0. The van der Waals surface area contributed by atoms with E-state index in [2.05, 4.69) is 0 Å². The molecular weight excluding hydrogens is 304 g/mol. The number of fused-ring (bicyclic) bond motifs is 1. The van der Waals surface area contributed by atoms with E-state index < -0.39 is 23.2 Å². The van der Waals surface area contributed by atoms with Crippen molar-refractivity contribution in [2.45, 2.75) is 19.3 Å². The van der Waals surface area contributed by atoms with Crippen LogP contribution in [0.15, 0.2) is 12.1 Å². The Hall–Kier alpha value is -0.260. The second-order valence-electron chi connectivity index (χ2n) is 3.62. The molecule has 1 aliphatic rings. The van der Waals surface area contributed by atoms with Crippen LogP contribution < -0.4 is 0 Å². The largest absolute Gasteiger partial charge is 0.279 e. The maximum atomic E-state index is 13.5. The molecule has 0 aromatic heterocycles. The molecule has 0 aliphatic heterocycles. The van der Waals surface area contributed by atoms with E-state index in [-0.39, 0.29) is 9.99 Å². The molecule has 76 valence electrons. The lowest BCUT2D eigenvalue weighted by molar-refractivity contribution is -0.0478. The van der Waals surface area contributed by atoms with Crippen molar-refractivity contribution in [1.29, 1.82) is 0 Å². The molecule has 1 aliphatic carbocycles. The topological polar surface area (TPSA) is 0 Å². The van der Waals surface area contributed by atoms with Crippen LogP contribution in [-0.2, 0) is 12.3 Å². The molecule has 0 radical (unpaired) electrons. The number of rotatable bonds is 0. The van der Waals surface area contributed by atoms with Crippen LogP contribution in [0, 0.1) is 15.3 Å². The van der Waals surface area contributed by atoms with Gasteiger partial charge in [-0.3, -0.25) is 0 Å². The molecule has 0 fully saturated rings. The second-order valence-corrected chi connectivity index (χ2v) is 4.79. The summed E-state index contributed by atoms with van der Waals surface area (Å²) in [7, 11) is 0. The Morgan fingerprint density at radius 2 is 2.07 bits per heavy atom. The van der Waals surface area contributed by atoms with E-state index in [1.807, 2.05) is 0 Å². The van der Waals surface area contributed by atoms with Gasteiger partial charge >= 0.3 is 0 Å². The summed E-state index contributed by atoms with van der Waals surface area (Å²) >= 11 is 1.73. The fourth-order valence-electron chi connectivity index (χ4n) is 1.83. The highest BCUT2D eigenvalue weighted by Crippen LogP contribution is 2.47. The van der Waals surface area contributed by atoms with Crippen molar-refractivity contribution >= 4 is 22.6 Å². The number of hydrogen-bond acceptors (Lipinski definition) is 0. The Morgan fingerprint density at radius 1 is 1.43 bits per heavy atom. The minimum absolute atomic E-state index is 0.259. The van der Waals surface area contributed by atoms with Crippen LogP contribution in [-0.4, -0.2) is 0 Å². The van der Waals surface area contributed by atoms with Crippen molar-refractivity contribution < 1.29 is 13.2 Å². The highest BCUT2D eigenvalue weighted by atomic mass is 127. The fourth-order valence-corrected chi connectivity index (χ4v) is 2.28. The van der Waals surface area contributed by atoms with Gasteiger partial charge in [-0.05, 0) is 40.6 Å². The van der Waals surface area contributed by atoms with Gasteiger partial charge in [-0.15, -0.1) is 0 Å². The van der Waals surface area contributed by atoms with Crippen molar-refractivity contribution in [2.75, 3.05) is 0 Å². The van der Waals surface area contributed by atoms with Gasteiger partial charge in [0.2, 0.25) is 0 Å². The minimum atomic E-state index is -3.01. The highest BCUT2D eigenvalue weighted by Gasteiger charge is 2.48. The first-order valence-corrected chi connectivity index (χ1v) is 5.37. The summed E-state index contributed by atoms with van der Waals surface area (Å²) < 4.78 is 40.8. The molecule has 1 atom stereocenters. The second kappa shape index (κ2) is 3.12. The van der Waals surface area contributed by atoms with Crippen LogP contribution in [0.5, 0.6) is 0 Å². The summed E-state index contributed by atoms with van der Waals surface area (Å²) in [6, 6.07) is 3.14. The van der Waals surface area contributed by atoms with Crippen molar-refractivity contribution in [3.8, 4) is 0 Å². The van der Waals surface area contributed by atoms with Gasteiger partial charge in [0.1, 0.15) is 5.82 Å². The maximum absolute atomic E-state index is 13.5. The van der Waals surface area contributed by atoms with Crippen LogP contribution in [0.25, 0.3) is 0 Å². The van der Waals surface area contributed by atoms with Crippen molar-refractivity contribution in [2.24, 2.45) is 5.92 Å². The Balaban J connectivity index is 2.68. The third-order valence-corrected chi connectivity index (χ3v) is 3.49. The van der Waals surface area contributed by atoms with Crippen LogP contribution in [0.3, 0.4) is 0 Å². The molecule has 0 saturated heterocycles. The predicted molar refractivity (Wildman–Crippen MR) is 55.9 cm³/mol. The van der Waals surface area contributed by atoms with E-state index in [1.54, 1.807) is 34.7 Å². The monoisotopic (exact) mass is 312 g/mol. The first kappa shape index (κ1) is 10.3. The summed E-state index contributed by atoms with van der Waals surface area (Å²) in [5.74, 6) is -4.57. The molecular formula is C10H8F3I. The number of benzene rings is 1. The molecule has 1 aromatic rings. The lowest BCUT2D eigenvalue weighted by Gasteiger charge is -2.16. The molecule has 0 nitrogen and oxygen atoms in total. The lowest BCUT2D eigenvalue weighted by Crippen LogP contribution is -2.19. The highest BCUT2D eigenvalue weighted by molar-refractivity contribution is 14.1. The fraction of sp³-hybridized carbons (Fsp3) is 0.400. The zero-order chi connectivity index (χ0) is 10.5. The van der Waals surface area contributed by atoms with Crippen LogP contribution >= 0.6 is 22.6 Å². The zero-order valence-electron chi connectivity index (χ0n) is 7.45. The molecule has 1 unspecified atom stereocenters. The molecule has 1 aromatic carbocycles. The first-order chi connectivity index (χ1) is 6.44. The molecule has 0 N–H and O–H groups in total. The van der Waals surface area contributed by atoms with E-state index in [1.165, 1.54) is 6.92 Å². The third kappa shape index (κ3) is 1.26. The number of halogens is 4. The van der Waals surface area contributed by atoms with Gasteiger partial charge in [0.05, 0.1) is 5.56 Å². The maximum Gasteiger partial charge on any atom is 0.279 e. The Kier molecular flexibility index (Phi) is 2.28. The molecule has 0 bridgehead atoms. The van der Waals surface area contributed by atoms with Crippen molar-refractivity contribution in [3.05, 3.63) is 32.6 Å². The van der Waals surface area contributed by atoms with Gasteiger partial charge in [0, 0.05) is 9.49 Å². The third-order valence-electron chi connectivity index (χ3n) is 2.66. The van der Waals surface area contributed by atoms with Gasteiger partial charge in [0.25, 0.3) is 5.92 Å². The van der Waals surface area contributed by atoms with Crippen molar-refractivity contribution in [3.63, 3.8) is 0 Å². The molecule has 0 spiro atoms. The van der Waals surface area contributed by atoms with Gasteiger partial charge in [0.15, 0.2) is 0 Å². The van der Waals surface area contributed by atoms with E-state index in [0.717, 1.165) is 0 Å². The van der Waals surface area contributed by atoms with E-state index in [0.29, 0.717) is 5.56 Å². The Bertz CT molecular complexity index is 387. The van der Waals surface area contributed by atoms with Gasteiger partial charge in [-0.25, -0.2) is 13.2 Å². The van der Waals surface area contributed by atoms with E-state index in [4.69, 9.17) is 0 Å². The molecule has 0 heterocycles. The average molecular weight is 312 g/mol. The van der Waals surface area contributed by atoms with Crippen LogP contribution in [0.4, 0.5) is 13.2 Å². The quantitative estimate of drug-likeness (QED) is 0.641. The van der Waals surface area contributed by atoms with E-state index >= 15 is 0 Å². The normalized spacial score (nSPS) is 23.6. The smallest absolute Gasteiger partial charge is 0.205 e. The van der Waals surface area contributed by atoms with Gasteiger partial charge in [-0.1, -0.05) is 13.0 Å². The predicted octanol–water partition coefficient (Wildman–Crippen LogP) is 3.71. The average Bonchev–Trinajstić information content (AvgIpc) is 2.32. The lowest BCUT2D eigenvalue weighted by atomic mass is 10.1. The summed E-state index contributed by atoms with van der Waals surface area (Å²) in [4.78, 5) is 0. The van der Waals surface area contributed by atoms with Crippen LogP contribution in [0.2, 0.25) is 0 Å². The van der Waals surface area contributed by atoms with Crippen molar-refractivity contribution in [1.82, 2.24) is 0 Å². The standard InChI is InChI=1S/C10H8F3I/c1-5-4-6-2-3-7(14)9(11)8(6)10(5,12)13/h2-3,5H,4H2,1H3. The van der Waals surface area contributed by atoms with Gasteiger partial charge in [-0.2, -0.15) is 0 Å². The summed E-state index contributed by atoms with van der Waals surface area (Å²) in [5.41, 5.74) is 0.0531. The first-order valence-electron chi connectivity index (χ1n) is 4.29. The minimum Gasteiger partial charge on any atom is -0.205 e. The Labute approximate surface area is 93.6 Å². The summed E-state index contributed by atoms with van der Waals surface area (Å²) in [5, 5.41) is 0. The summed E-state index contributed by atoms with van der Waals surface area (Å²) in [6.07, 6.45) is 0.260. The molecule has 0 saturated carbocycles. The molecule has 14 heavy (non-hydrogen) atoms. The van der Waals surface area contributed by atoms with Gasteiger partial charge < -0.3 is 0 Å². The molecule has 0 amide bonds. The number of alkyl halides is 2. The van der Waals surface area contributed by atoms with E-state index in [9.17, 15) is 13.2 Å².